The lowest BCUT2D eigenvalue weighted by Crippen LogP contribution is -2.55. The van der Waals surface area contributed by atoms with Gasteiger partial charge in [-0.2, -0.15) is 0 Å². The number of furan rings is 1. The molecule has 1 heterocycles. The molecule has 0 saturated carbocycles. The highest BCUT2D eigenvalue weighted by atomic mass is 16.4. The zero-order valence-electron chi connectivity index (χ0n) is 11.5. The van der Waals surface area contributed by atoms with E-state index in [0.29, 0.717) is 25.1 Å². The minimum atomic E-state index is -1.25. The SMILES string of the molecule is CCCC(C)(NC(=O)N(C)Cc1ccco1)C(=O)O. The molecule has 1 unspecified atom stereocenters. The average Bonchev–Trinajstić information content (AvgIpc) is 2.81. The topological polar surface area (TPSA) is 82.8 Å². The number of hydrogen-bond acceptors (Lipinski definition) is 3. The first-order valence-corrected chi connectivity index (χ1v) is 6.18. The van der Waals surface area contributed by atoms with Crippen LogP contribution in [0.15, 0.2) is 22.8 Å². The third-order valence-corrected chi connectivity index (χ3v) is 2.92. The number of aliphatic carboxylic acids is 1. The molecule has 0 aliphatic heterocycles. The van der Waals surface area contributed by atoms with Crippen LogP contribution in [-0.4, -0.2) is 34.6 Å². The van der Waals surface area contributed by atoms with Crippen molar-refractivity contribution in [3.8, 4) is 0 Å². The molecule has 0 radical (unpaired) electrons. The van der Waals surface area contributed by atoms with E-state index in [2.05, 4.69) is 5.32 Å². The van der Waals surface area contributed by atoms with Crippen LogP contribution in [0.4, 0.5) is 4.79 Å². The minimum Gasteiger partial charge on any atom is -0.480 e. The number of rotatable bonds is 6. The first-order chi connectivity index (χ1) is 8.89. The Morgan fingerprint density at radius 3 is 2.68 bits per heavy atom. The third-order valence-electron chi connectivity index (χ3n) is 2.92. The summed E-state index contributed by atoms with van der Waals surface area (Å²) in [7, 11) is 1.59. The predicted molar refractivity (Wildman–Crippen MR) is 69.7 cm³/mol. The van der Waals surface area contributed by atoms with Crippen molar-refractivity contribution in [3.05, 3.63) is 24.2 Å². The average molecular weight is 268 g/mol. The van der Waals surface area contributed by atoms with E-state index in [-0.39, 0.29) is 0 Å². The lowest BCUT2D eigenvalue weighted by Gasteiger charge is -2.28. The van der Waals surface area contributed by atoms with Gasteiger partial charge in [0.05, 0.1) is 12.8 Å². The Labute approximate surface area is 112 Å². The third kappa shape index (κ3) is 4.01. The van der Waals surface area contributed by atoms with Crippen LogP contribution < -0.4 is 5.32 Å². The van der Waals surface area contributed by atoms with Gasteiger partial charge in [-0.25, -0.2) is 9.59 Å². The van der Waals surface area contributed by atoms with Crippen molar-refractivity contribution in [1.29, 1.82) is 0 Å². The van der Waals surface area contributed by atoms with Crippen LogP contribution in [0.25, 0.3) is 0 Å². The van der Waals surface area contributed by atoms with Crippen LogP contribution in [-0.2, 0) is 11.3 Å². The lowest BCUT2D eigenvalue weighted by atomic mass is 9.96. The number of hydrogen-bond donors (Lipinski definition) is 2. The van der Waals surface area contributed by atoms with E-state index in [1.807, 2.05) is 6.92 Å². The molecule has 1 rings (SSSR count). The molecule has 6 nitrogen and oxygen atoms in total. The summed E-state index contributed by atoms with van der Waals surface area (Å²) in [5, 5.41) is 11.8. The van der Waals surface area contributed by atoms with Crippen LogP contribution in [0.2, 0.25) is 0 Å². The molecule has 2 N–H and O–H groups in total. The summed E-state index contributed by atoms with van der Waals surface area (Å²) in [5.74, 6) is -0.390. The molecule has 1 aromatic rings. The molecule has 0 saturated heterocycles. The van der Waals surface area contributed by atoms with E-state index in [1.165, 1.54) is 18.1 Å². The Morgan fingerprint density at radius 2 is 2.21 bits per heavy atom. The zero-order valence-corrected chi connectivity index (χ0v) is 11.5. The number of amides is 2. The van der Waals surface area contributed by atoms with Gasteiger partial charge >= 0.3 is 12.0 Å². The van der Waals surface area contributed by atoms with Crippen molar-refractivity contribution >= 4 is 12.0 Å². The van der Waals surface area contributed by atoms with E-state index in [4.69, 9.17) is 4.42 Å². The van der Waals surface area contributed by atoms with E-state index in [0.717, 1.165) is 0 Å². The van der Waals surface area contributed by atoms with Gasteiger partial charge < -0.3 is 19.7 Å². The van der Waals surface area contributed by atoms with Crippen molar-refractivity contribution in [1.82, 2.24) is 10.2 Å². The van der Waals surface area contributed by atoms with Crippen LogP contribution in [0.1, 0.15) is 32.4 Å². The van der Waals surface area contributed by atoms with Crippen molar-refractivity contribution < 1.29 is 19.1 Å². The van der Waals surface area contributed by atoms with E-state index < -0.39 is 17.5 Å². The van der Waals surface area contributed by atoms with Crippen LogP contribution in [0.3, 0.4) is 0 Å². The second-order valence-electron chi connectivity index (χ2n) is 4.75. The van der Waals surface area contributed by atoms with Gasteiger partial charge in [-0.3, -0.25) is 0 Å². The number of carboxylic acid groups (broad SMARTS) is 1. The van der Waals surface area contributed by atoms with Crippen molar-refractivity contribution in [2.75, 3.05) is 7.05 Å². The summed E-state index contributed by atoms with van der Waals surface area (Å²) in [4.78, 5) is 24.6. The fourth-order valence-electron chi connectivity index (χ4n) is 1.76. The maximum atomic E-state index is 12.0. The summed E-state index contributed by atoms with van der Waals surface area (Å²) in [5.41, 5.74) is -1.25. The highest BCUT2D eigenvalue weighted by molar-refractivity contribution is 5.85. The van der Waals surface area contributed by atoms with Gasteiger partial charge in [-0.15, -0.1) is 0 Å². The molecule has 106 valence electrons. The van der Waals surface area contributed by atoms with Gasteiger partial charge in [0.1, 0.15) is 11.3 Å². The molecule has 2 amide bonds. The lowest BCUT2D eigenvalue weighted by molar-refractivity contribution is -0.144. The van der Waals surface area contributed by atoms with E-state index in [9.17, 15) is 14.7 Å². The first kappa shape index (κ1) is 15.1. The van der Waals surface area contributed by atoms with Gasteiger partial charge in [-0.05, 0) is 25.5 Å². The monoisotopic (exact) mass is 268 g/mol. The number of nitrogens with one attached hydrogen (secondary N) is 1. The molecular formula is C13H20N2O4. The molecule has 0 aromatic carbocycles. The first-order valence-electron chi connectivity index (χ1n) is 6.18. The standard InChI is InChI=1S/C13H20N2O4/c1-4-7-13(2,11(16)17)14-12(18)15(3)9-10-6-5-8-19-10/h5-6,8H,4,7,9H2,1-3H3,(H,14,18)(H,16,17). The summed E-state index contributed by atoms with van der Waals surface area (Å²) in [6.07, 6.45) is 2.58. The number of carbonyl (C=O) groups is 2. The Hall–Kier alpha value is -1.98. The molecule has 19 heavy (non-hydrogen) atoms. The summed E-state index contributed by atoms with van der Waals surface area (Å²) in [6, 6.07) is 3.06. The van der Waals surface area contributed by atoms with Crippen LogP contribution in [0, 0.1) is 0 Å². The van der Waals surface area contributed by atoms with E-state index in [1.54, 1.807) is 19.2 Å². The van der Waals surface area contributed by atoms with Gasteiger partial charge in [0.25, 0.3) is 0 Å². The van der Waals surface area contributed by atoms with Crippen LogP contribution >= 0.6 is 0 Å². The van der Waals surface area contributed by atoms with Crippen molar-refractivity contribution in [2.24, 2.45) is 0 Å². The fraction of sp³-hybridized carbons (Fsp3) is 0.538. The second-order valence-corrected chi connectivity index (χ2v) is 4.75. The van der Waals surface area contributed by atoms with Crippen LogP contribution in [0.5, 0.6) is 0 Å². The molecule has 0 spiro atoms. The Kier molecular flexibility index (Phi) is 4.97. The van der Waals surface area contributed by atoms with Crippen molar-refractivity contribution in [2.45, 2.75) is 38.8 Å². The number of nitrogens with zero attached hydrogens (tertiary/aromatic N) is 1. The van der Waals surface area contributed by atoms with E-state index >= 15 is 0 Å². The fourth-order valence-corrected chi connectivity index (χ4v) is 1.76. The molecule has 6 heteroatoms. The Bertz CT molecular complexity index is 430. The predicted octanol–water partition coefficient (Wildman–Crippen LogP) is 2.06. The Morgan fingerprint density at radius 1 is 1.53 bits per heavy atom. The highest BCUT2D eigenvalue weighted by Gasteiger charge is 2.34. The van der Waals surface area contributed by atoms with Gasteiger partial charge in [0.15, 0.2) is 0 Å². The smallest absolute Gasteiger partial charge is 0.329 e. The van der Waals surface area contributed by atoms with Crippen molar-refractivity contribution in [3.63, 3.8) is 0 Å². The maximum Gasteiger partial charge on any atom is 0.329 e. The summed E-state index contributed by atoms with van der Waals surface area (Å²) in [6.45, 7) is 3.68. The molecule has 0 bridgehead atoms. The molecule has 0 fully saturated rings. The Balaban J connectivity index is 2.64. The summed E-state index contributed by atoms with van der Waals surface area (Å²) >= 11 is 0. The minimum absolute atomic E-state index is 0.292. The largest absolute Gasteiger partial charge is 0.480 e. The summed E-state index contributed by atoms with van der Waals surface area (Å²) < 4.78 is 5.14. The molecule has 0 aliphatic rings. The quantitative estimate of drug-likeness (QED) is 0.827. The van der Waals surface area contributed by atoms with Gasteiger partial charge in [0.2, 0.25) is 0 Å². The maximum absolute atomic E-state index is 12.0. The molecule has 1 aromatic heterocycles. The molecule has 0 aliphatic carbocycles. The highest BCUT2D eigenvalue weighted by Crippen LogP contribution is 2.13. The second kappa shape index (κ2) is 6.26. The number of carbonyl (C=O) groups excluding carboxylic acids is 1. The van der Waals surface area contributed by atoms with Gasteiger partial charge in [0, 0.05) is 7.05 Å². The molecule has 1 atom stereocenters. The van der Waals surface area contributed by atoms with Gasteiger partial charge in [-0.1, -0.05) is 13.3 Å². The number of carboxylic acids is 1. The number of urea groups is 1. The normalized spacial score (nSPS) is 13.6. The molecular weight excluding hydrogens is 248 g/mol. The zero-order chi connectivity index (χ0) is 14.5.